The second-order valence-electron chi connectivity index (χ2n) is 3.98. The molecule has 1 saturated heterocycles. The summed E-state index contributed by atoms with van der Waals surface area (Å²) in [6.07, 6.45) is -1.99. The van der Waals surface area contributed by atoms with Gasteiger partial charge in [-0.15, -0.1) is 0 Å². The second-order valence-corrected chi connectivity index (χ2v) is 5.05. The van der Waals surface area contributed by atoms with Crippen LogP contribution in [0.2, 0.25) is 0 Å². The third kappa shape index (κ3) is 2.53. The van der Waals surface area contributed by atoms with Gasteiger partial charge in [-0.2, -0.15) is 0 Å². The molecule has 0 aliphatic carbocycles. The van der Waals surface area contributed by atoms with Crippen molar-refractivity contribution in [3.63, 3.8) is 0 Å². The summed E-state index contributed by atoms with van der Waals surface area (Å²) < 4.78 is 6.56. The number of carbonyl (C=O) groups is 1. The van der Waals surface area contributed by atoms with E-state index in [1.54, 1.807) is 0 Å². The largest absolute Gasteiger partial charge is 0.394 e. The fourth-order valence-electron chi connectivity index (χ4n) is 1.68. The van der Waals surface area contributed by atoms with E-state index in [4.69, 9.17) is 21.3 Å². The first-order valence-electron chi connectivity index (χ1n) is 5.38. The lowest BCUT2D eigenvalue weighted by molar-refractivity contribution is -0.00812. The van der Waals surface area contributed by atoms with Crippen LogP contribution in [0.15, 0.2) is 6.33 Å². The van der Waals surface area contributed by atoms with Crippen molar-refractivity contribution in [2.75, 3.05) is 12.3 Å². The molecule has 0 saturated carbocycles. The van der Waals surface area contributed by atoms with Crippen LogP contribution in [0.5, 0.6) is 0 Å². The van der Waals surface area contributed by atoms with Crippen LogP contribution in [0.3, 0.4) is 0 Å². The fraction of sp³-hybridized carbons (Fsp3) is 0.556. The Morgan fingerprint density at radius 2 is 2.21 bits per heavy atom. The minimum Gasteiger partial charge on any atom is -0.394 e. The van der Waals surface area contributed by atoms with Crippen molar-refractivity contribution in [3.8, 4) is 0 Å². The number of nitrogens with two attached hydrogens (primary N) is 2. The van der Waals surface area contributed by atoms with Gasteiger partial charge in [0.15, 0.2) is 11.1 Å². The Hall–Kier alpha value is -1.33. The molecule has 106 valence electrons. The maximum Gasteiger partial charge on any atom is 0.271 e. The van der Waals surface area contributed by atoms with E-state index in [2.05, 4.69) is 4.98 Å². The maximum atomic E-state index is 11.0. The number of aromatic nitrogens is 2. The number of primary amides is 1. The predicted molar refractivity (Wildman–Crippen MR) is 65.9 cm³/mol. The van der Waals surface area contributed by atoms with E-state index in [9.17, 15) is 15.0 Å². The van der Waals surface area contributed by atoms with Gasteiger partial charge in [-0.25, -0.2) is 4.98 Å². The number of nitrogen functional groups attached to an aromatic ring is 1. The SMILES string of the molecule is NC(=O)c1ncn(S[C@@H]2O[C@H](CO)[C@@H](O)[C@H]2O)c1N. The molecule has 0 unspecified atom stereocenters. The second kappa shape index (κ2) is 5.35. The number of hydrogen-bond acceptors (Lipinski definition) is 8. The topological polar surface area (TPSA) is 157 Å². The Balaban J connectivity index is 2.12. The molecular weight excluding hydrogens is 276 g/mol. The molecule has 1 aromatic heterocycles. The zero-order valence-corrected chi connectivity index (χ0v) is 10.5. The monoisotopic (exact) mass is 290 g/mol. The van der Waals surface area contributed by atoms with Crippen LogP contribution < -0.4 is 11.5 Å². The van der Waals surface area contributed by atoms with E-state index in [1.165, 1.54) is 10.3 Å². The standard InChI is InChI=1S/C9H14N4O5S/c10-7-4(8(11)17)12-2-13(7)19-9-6(16)5(15)3(1-14)18-9/h2-3,5-6,9,14-16H,1,10H2,(H2,11,17)/t3-,5-,6-,9+/m1/s1. The summed E-state index contributed by atoms with van der Waals surface area (Å²) in [6.45, 7) is -0.415. The van der Waals surface area contributed by atoms with Crippen molar-refractivity contribution in [2.45, 2.75) is 23.7 Å². The molecule has 1 aromatic rings. The lowest BCUT2D eigenvalue weighted by atomic mass is 10.2. The number of ether oxygens (including phenoxy) is 1. The minimum atomic E-state index is -1.19. The van der Waals surface area contributed by atoms with Gasteiger partial charge in [0.1, 0.15) is 30.5 Å². The molecule has 0 aromatic carbocycles. The Morgan fingerprint density at radius 1 is 1.53 bits per heavy atom. The highest BCUT2D eigenvalue weighted by atomic mass is 32.2. The average molecular weight is 290 g/mol. The summed E-state index contributed by atoms with van der Waals surface area (Å²) in [5.74, 6) is -0.742. The molecule has 19 heavy (non-hydrogen) atoms. The molecule has 0 spiro atoms. The van der Waals surface area contributed by atoms with E-state index in [-0.39, 0.29) is 11.5 Å². The number of aliphatic hydroxyl groups is 3. The van der Waals surface area contributed by atoms with Crippen LogP contribution in [-0.2, 0) is 4.74 Å². The van der Waals surface area contributed by atoms with E-state index in [1.807, 2.05) is 0 Å². The Kier molecular flexibility index (Phi) is 3.96. The molecule has 4 atom stereocenters. The molecule has 0 radical (unpaired) electrons. The van der Waals surface area contributed by atoms with Crippen molar-refractivity contribution in [1.29, 1.82) is 0 Å². The molecule has 1 aliphatic heterocycles. The molecule has 1 fully saturated rings. The first-order chi connectivity index (χ1) is 8.95. The molecule has 10 heteroatoms. The summed E-state index contributed by atoms with van der Waals surface area (Å²) >= 11 is 0.925. The van der Waals surface area contributed by atoms with E-state index >= 15 is 0 Å². The molecule has 2 rings (SSSR count). The van der Waals surface area contributed by atoms with Crippen LogP contribution in [0.4, 0.5) is 5.82 Å². The fourth-order valence-corrected chi connectivity index (χ4v) is 2.68. The highest BCUT2D eigenvalue weighted by Gasteiger charge is 2.43. The predicted octanol–water partition coefficient (Wildman–Crippen LogP) is -2.50. The Morgan fingerprint density at radius 3 is 2.68 bits per heavy atom. The van der Waals surface area contributed by atoms with Gasteiger partial charge in [0.2, 0.25) is 0 Å². The number of imidazole rings is 1. The third-order valence-electron chi connectivity index (χ3n) is 2.72. The van der Waals surface area contributed by atoms with Crippen molar-refractivity contribution in [2.24, 2.45) is 5.73 Å². The molecule has 1 amide bonds. The number of anilines is 1. The average Bonchev–Trinajstić information content (AvgIpc) is 2.85. The number of carbonyl (C=O) groups excluding carboxylic acids is 1. The van der Waals surface area contributed by atoms with Gasteiger partial charge >= 0.3 is 0 Å². The van der Waals surface area contributed by atoms with Gasteiger partial charge in [-0.05, 0) is 11.9 Å². The highest BCUT2D eigenvalue weighted by molar-refractivity contribution is 7.98. The van der Waals surface area contributed by atoms with Gasteiger partial charge in [0.05, 0.1) is 6.61 Å². The molecule has 0 bridgehead atoms. The van der Waals surface area contributed by atoms with Gasteiger partial charge in [-0.1, -0.05) is 0 Å². The van der Waals surface area contributed by atoms with Crippen molar-refractivity contribution in [3.05, 3.63) is 12.0 Å². The number of nitrogens with zero attached hydrogens (tertiary/aromatic N) is 2. The van der Waals surface area contributed by atoms with E-state index < -0.39 is 36.3 Å². The summed E-state index contributed by atoms with van der Waals surface area (Å²) in [5.41, 5.74) is 9.80. The first kappa shape index (κ1) is 14.1. The zero-order chi connectivity index (χ0) is 14.2. The van der Waals surface area contributed by atoms with E-state index in [0.717, 1.165) is 11.9 Å². The maximum absolute atomic E-state index is 11.0. The first-order valence-corrected chi connectivity index (χ1v) is 6.21. The minimum absolute atomic E-state index is 0.0234. The molecular formula is C9H14N4O5S. The summed E-state index contributed by atoms with van der Waals surface area (Å²) in [6, 6.07) is 0. The van der Waals surface area contributed by atoms with Gasteiger partial charge in [-0.3, -0.25) is 8.77 Å². The van der Waals surface area contributed by atoms with Crippen LogP contribution in [-0.4, -0.2) is 60.5 Å². The molecule has 9 nitrogen and oxygen atoms in total. The van der Waals surface area contributed by atoms with Crippen LogP contribution in [0, 0.1) is 0 Å². The van der Waals surface area contributed by atoms with Gasteiger partial charge in [0.25, 0.3) is 5.91 Å². The quantitative estimate of drug-likeness (QED) is 0.407. The summed E-state index contributed by atoms with van der Waals surface area (Å²) in [5, 5.41) is 28.3. The lowest BCUT2D eigenvalue weighted by Gasteiger charge is -2.14. The van der Waals surface area contributed by atoms with Gasteiger partial charge < -0.3 is 31.5 Å². The number of aliphatic hydroxyl groups excluding tert-OH is 3. The van der Waals surface area contributed by atoms with Crippen LogP contribution >= 0.6 is 11.9 Å². The molecule has 2 heterocycles. The Labute approximate surface area is 112 Å². The number of hydrogen-bond donors (Lipinski definition) is 5. The smallest absolute Gasteiger partial charge is 0.271 e. The van der Waals surface area contributed by atoms with Gasteiger partial charge in [0, 0.05) is 0 Å². The lowest BCUT2D eigenvalue weighted by Crippen LogP contribution is -2.33. The number of rotatable bonds is 4. The normalized spacial score (nSPS) is 30.7. The third-order valence-corrected chi connectivity index (χ3v) is 3.84. The van der Waals surface area contributed by atoms with Crippen molar-refractivity contribution in [1.82, 2.24) is 8.96 Å². The van der Waals surface area contributed by atoms with Crippen molar-refractivity contribution < 1.29 is 24.9 Å². The number of amides is 1. The van der Waals surface area contributed by atoms with Crippen molar-refractivity contribution >= 4 is 23.7 Å². The summed E-state index contributed by atoms with van der Waals surface area (Å²) in [4.78, 5) is 14.7. The molecule has 1 aliphatic rings. The summed E-state index contributed by atoms with van der Waals surface area (Å²) in [7, 11) is 0. The molecule has 7 N–H and O–H groups in total. The highest BCUT2D eigenvalue weighted by Crippen LogP contribution is 2.31. The van der Waals surface area contributed by atoms with Crippen LogP contribution in [0.25, 0.3) is 0 Å². The Bertz CT molecular complexity index is 481. The zero-order valence-electron chi connectivity index (χ0n) is 9.71. The van der Waals surface area contributed by atoms with Crippen LogP contribution in [0.1, 0.15) is 10.5 Å². The van der Waals surface area contributed by atoms with E-state index in [0.29, 0.717) is 0 Å².